The van der Waals surface area contributed by atoms with Gasteiger partial charge >= 0.3 is 0 Å². The van der Waals surface area contributed by atoms with Gasteiger partial charge in [-0.3, -0.25) is 9.59 Å². The van der Waals surface area contributed by atoms with Crippen LogP contribution in [0.1, 0.15) is 109 Å². The molecule has 4 aromatic rings. The number of amides is 2. The predicted molar refractivity (Wildman–Crippen MR) is 229 cm³/mol. The van der Waals surface area contributed by atoms with Gasteiger partial charge in [-0.05, 0) is 93.1 Å². The lowest BCUT2D eigenvalue weighted by Crippen LogP contribution is -2.33. The Morgan fingerprint density at radius 2 is 0.885 bits per heavy atom. The highest BCUT2D eigenvalue weighted by Crippen LogP contribution is 2.27. The minimum atomic E-state index is -3.81. The third kappa shape index (κ3) is 12.6. The zero-order chi connectivity index (χ0) is 44.3. The second-order valence-electron chi connectivity index (χ2n) is 15.3. The van der Waals surface area contributed by atoms with E-state index >= 15 is 0 Å². The van der Waals surface area contributed by atoms with Crippen molar-refractivity contribution in [2.45, 2.75) is 101 Å². The summed E-state index contributed by atoms with van der Waals surface area (Å²) in [5, 5.41) is 4.81. The molecule has 2 amide bonds. The van der Waals surface area contributed by atoms with Crippen molar-refractivity contribution < 1.29 is 44.0 Å². The molecule has 0 unspecified atom stereocenters. The van der Waals surface area contributed by atoms with Crippen molar-refractivity contribution in [1.29, 1.82) is 0 Å². The number of sulfonamides is 2. The number of nitrogens with zero attached hydrogens (tertiary/aromatic N) is 2. The maximum absolute atomic E-state index is 13.4. The van der Waals surface area contributed by atoms with Crippen LogP contribution < -0.4 is 10.6 Å². The molecule has 2 N–H and O–H groups in total. The molecule has 2 fully saturated rings. The van der Waals surface area contributed by atoms with Crippen LogP contribution in [0.3, 0.4) is 0 Å². The Labute approximate surface area is 360 Å². The number of hydrogen-bond donors (Lipinski definition) is 2. The average Bonchev–Trinajstić information content (AvgIpc) is 3.46. The average molecular weight is 907 g/mol. The Hall–Kier alpha value is -4.35. The highest BCUT2D eigenvalue weighted by Gasteiger charge is 2.29. The van der Waals surface area contributed by atoms with Crippen LogP contribution in [-0.2, 0) is 20.0 Å². The van der Waals surface area contributed by atoms with Gasteiger partial charge in [-0.25, -0.2) is 34.4 Å². The largest absolute Gasteiger partial charge is 0.322 e. The minimum absolute atomic E-state index is 0.0126. The molecule has 17 heteroatoms. The molecule has 0 saturated carbocycles. The van der Waals surface area contributed by atoms with Gasteiger partial charge in [-0.15, -0.1) is 0 Å². The van der Waals surface area contributed by atoms with E-state index in [0.717, 1.165) is 83.1 Å². The Kier molecular flexibility index (Phi) is 16.9. The lowest BCUT2D eigenvalue weighted by atomic mass is 10.1. The number of halogens is 5. The van der Waals surface area contributed by atoms with Crippen LogP contribution in [0.25, 0.3) is 0 Å². The van der Waals surface area contributed by atoms with Crippen molar-refractivity contribution in [2.75, 3.05) is 36.8 Å². The SMILES string of the molecule is Cc1ccc(C(=O)Nc2cc(F)c(F)c(F)c2)cc1S(=O)(=O)N1CCCCCCCC1.Cc1ccc(C(=O)Nc2ccc(F)c(Cl)c2)cc1S(=O)(=O)N1CCCCCCCC1. The topological polar surface area (TPSA) is 133 Å². The molecule has 330 valence electrons. The maximum Gasteiger partial charge on any atom is 0.255 e. The number of anilines is 2. The molecule has 6 rings (SSSR count). The molecule has 2 aliphatic heterocycles. The Bertz CT molecular complexity index is 2400. The summed E-state index contributed by atoms with van der Waals surface area (Å²) in [4.78, 5) is 25.4. The quantitative estimate of drug-likeness (QED) is 0.134. The van der Waals surface area contributed by atoms with E-state index in [-0.39, 0.29) is 31.6 Å². The summed E-state index contributed by atoms with van der Waals surface area (Å²) in [5.41, 5.74) is 1.37. The molecule has 0 bridgehead atoms. The number of carbonyl (C=O) groups excluding carboxylic acids is 2. The van der Waals surface area contributed by atoms with E-state index in [4.69, 9.17) is 11.6 Å². The van der Waals surface area contributed by atoms with Gasteiger partial charge in [0.15, 0.2) is 17.5 Å². The number of carbonyl (C=O) groups is 2. The molecule has 2 saturated heterocycles. The minimum Gasteiger partial charge on any atom is -0.322 e. The van der Waals surface area contributed by atoms with Crippen molar-refractivity contribution in [3.05, 3.63) is 117 Å². The van der Waals surface area contributed by atoms with E-state index in [9.17, 15) is 44.0 Å². The van der Waals surface area contributed by atoms with Crippen molar-refractivity contribution in [3.8, 4) is 0 Å². The fraction of sp³-hybridized carbons (Fsp3) is 0.409. The first-order valence-electron chi connectivity index (χ1n) is 20.4. The monoisotopic (exact) mass is 906 g/mol. The molecule has 4 aromatic carbocycles. The second-order valence-corrected chi connectivity index (χ2v) is 19.5. The van der Waals surface area contributed by atoms with E-state index < -0.39 is 55.1 Å². The van der Waals surface area contributed by atoms with E-state index in [2.05, 4.69) is 10.6 Å². The predicted octanol–water partition coefficient (Wildman–Crippen LogP) is 10.4. The van der Waals surface area contributed by atoms with Gasteiger partial charge in [0.25, 0.3) is 11.8 Å². The van der Waals surface area contributed by atoms with Gasteiger partial charge in [0.05, 0.1) is 14.8 Å². The smallest absolute Gasteiger partial charge is 0.255 e. The molecule has 2 aliphatic rings. The Balaban J connectivity index is 0.000000231. The van der Waals surface area contributed by atoms with E-state index in [1.807, 2.05) is 0 Å². The van der Waals surface area contributed by atoms with Crippen molar-refractivity contribution in [3.63, 3.8) is 0 Å². The molecule has 61 heavy (non-hydrogen) atoms. The van der Waals surface area contributed by atoms with Crippen LogP contribution in [0.5, 0.6) is 0 Å². The van der Waals surface area contributed by atoms with Gasteiger partial charge in [-0.1, -0.05) is 75.1 Å². The first-order chi connectivity index (χ1) is 29.0. The number of rotatable bonds is 8. The molecule has 0 spiro atoms. The molecule has 10 nitrogen and oxygen atoms in total. The first-order valence-corrected chi connectivity index (χ1v) is 23.7. The lowest BCUT2D eigenvalue weighted by molar-refractivity contribution is 0.101. The van der Waals surface area contributed by atoms with Crippen molar-refractivity contribution in [1.82, 2.24) is 8.61 Å². The number of benzene rings is 4. The molecule has 0 aliphatic carbocycles. The number of hydrogen-bond acceptors (Lipinski definition) is 6. The van der Waals surface area contributed by atoms with E-state index in [1.54, 1.807) is 30.3 Å². The lowest BCUT2D eigenvalue weighted by Gasteiger charge is -2.23. The Morgan fingerprint density at radius 1 is 0.508 bits per heavy atom. The van der Waals surface area contributed by atoms with E-state index in [0.29, 0.717) is 55.1 Å². The zero-order valence-corrected chi connectivity index (χ0v) is 36.6. The summed E-state index contributed by atoms with van der Waals surface area (Å²) in [6.07, 6.45) is 11.7. The number of nitrogens with one attached hydrogen (secondary N) is 2. The van der Waals surface area contributed by atoms with Gasteiger partial charge < -0.3 is 10.6 Å². The second kappa shape index (κ2) is 21.6. The fourth-order valence-corrected chi connectivity index (χ4v) is 10.9. The summed E-state index contributed by atoms with van der Waals surface area (Å²) in [5.74, 6) is -6.33. The maximum atomic E-state index is 13.4. The summed E-state index contributed by atoms with van der Waals surface area (Å²) in [7, 11) is -7.52. The first kappa shape index (κ1) is 47.7. The van der Waals surface area contributed by atoms with Crippen molar-refractivity contribution >= 4 is 54.8 Å². The molecule has 0 atom stereocenters. The molecule has 0 radical (unpaired) electrons. The zero-order valence-electron chi connectivity index (χ0n) is 34.2. The summed E-state index contributed by atoms with van der Waals surface area (Å²) >= 11 is 5.76. The highest BCUT2D eigenvalue weighted by atomic mass is 35.5. The fourth-order valence-electron chi connectivity index (χ4n) is 7.20. The van der Waals surface area contributed by atoms with Crippen LogP contribution in [0.4, 0.5) is 28.9 Å². The van der Waals surface area contributed by atoms with Crippen LogP contribution >= 0.6 is 11.6 Å². The van der Waals surface area contributed by atoms with Gasteiger partial charge in [0, 0.05) is 60.8 Å². The van der Waals surface area contributed by atoms with Crippen LogP contribution in [0.2, 0.25) is 5.02 Å². The van der Waals surface area contributed by atoms with E-state index in [1.165, 1.54) is 40.7 Å². The summed E-state index contributed by atoms with van der Waals surface area (Å²) in [6.45, 7) is 5.21. The van der Waals surface area contributed by atoms with Gasteiger partial charge in [-0.2, -0.15) is 8.61 Å². The Morgan fingerprint density at radius 3 is 1.28 bits per heavy atom. The molecule has 0 aromatic heterocycles. The number of aryl methyl sites for hydroxylation is 2. The van der Waals surface area contributed by atoms with Crippen LogP contribution in [-0.4, -0.2) is 63.4 Å². The summed E-state index contributed by atoms with van der Waals surface area (Å²) < 4.78 is 110. The normalized spacial score (nSPS) is 16.3. The third-order valence-electron chi connectivity index (χ3n) is 10.7. The summed E-state index contributed by atoms with van der Waals surface area (Å²) in [6, 6.07) is 14.0. The third-order valence-corrected chi connectivity index (χ3v) is 15.1. The van der Waals surface area contributed by atoms with Crippen molar-refractivity contribution in [2.24, 2.45) is 0 Å². The molecular formula is C44H51ClF4N4O6S2. The molecule has 2 heterocycles. The highest BCUT2D eigenvalue weighted by molar-refractivity contribution is 7.89. The van der Waals surface area contributed by atoms with Gasteiger partial charge in [0.1, 0.15) is 5.82 Å². The van der Waals surface area contributed by atoms with Crippen LogP contribution in [0.15, 0.2) is 76.5 Å². The van der Waals surface area contributed by atoms with Crippen LogP contribution in [0, 0.1) is 37.1 Å². The van der Waals surface area contributed by atoms with Gasteiger partial charge in [0.2, 0.25) is 20.0 Å². The standard InChI is InChI=1S/C22H26ClFN2O3S.C22H25F3N2O3S/c1-16-8-9-17(22(27)25-18-10-11-20(24)19(23)15-18)14-21(16)30(28,29)26-12-6-4-2-3-5-7-13-26;1-15-8-9-16(22(28)26-17-13-18(23)21(25)19(24)14-17)12-20(15)31(29,30)27-10-6-4-2-3-5-7-11-27/h8-11,14-15H,2-7,12-13H2,1H3,(H,25,27);8-9,12-14H,2-7,10-11H2,1H3,(H,26,28). The molecular weight excluding hydrogens is 856 g/mol.